The summed E-state index contributed by atoms with van der Waals surface area (Å²) in [7, 11) is 0. The average molecular weight is 235 g/mol. The van der Waals surface area contributed by atoms with E-state index in [1.807, 2.05) is 6.92 Å². The molecule has 1 aromatic rings. The minimum atomic E-state index is 0.0944. The molecule has 94 valence electrons. The molecule has 1 saturated heterocycles. The van der Waals surface area contributed by atoms with Crippen LogP contribution in [0.25, 0.3) is 0 Å². The standard InChI is InChI=1S/C14H21NO2/c1-10-4-5-14(13(6-10)9-16)15-7-11(2)17-12(3)8-15/h4-6,11-12,16H,7-9H2,1-3H3. The maximum atomic E-state index is 9.45. The van der Waals surface area contributed by atoms with Gasteiger partial charge in [0.15, 0.2) is 0 Å². The highest BCUT2D eigenvalue weighted by Gasteiger charge is 2.23. The summed E-state index contributed by atoms with van der Waals surface area (Å²) in [5, 5.41) is 9.45. The van der Waals surface area contributed by atoms with Crippen molar-refractivity contribution in [3.05, 3.63) is 29.3 Å². The van der Waals surface area contributed by atoms with E-state index in [0.717, 1.165) is 24.3 Å². The van der Waals surface area contributed by atoms with Gasteiger partial charge in [0.1, 0.15) is 0 Å². The Morgan fingerprint density at radius 1 is 1.29 bits per heavy atom. The van der Waals surface area contributed by atoms with Crippen molar-refractivity contribution in [1.29, 1.82) is 0 Å². The molecule has 0 aliphatic carbocycles. The molecular formula is C14H21NO2. The van der Waals surface area contributed by atoms with Crippen LogP contribution < -0.4 is 4.90 Å². The van der Waals surface area contributed by atoms with Gasteiger partial charge in [-0.25, -0.2) is 0 Å². The number of anilines is 1. The van der Waals surface area contributed by atoms with E-state index >= 15 is 0 Å². The molecule has 1 aliphatic heterocycles. The molecule has 0 amide bonds. The Balaban J connectivity index is 2.26. The molecule has 0 aromatic heterocycles. The largest absolute Gasteiger partial charge is 0.392 e. The molecule has 0 bridgehead atoms. The van der Waals surface area contributed by atoms with Crippen LogP contribution >= 0.6 is 0 Å². The van der Waals surface area contributed by atoms with Gasteiger partial charge in [0.2, 0.25) is 0 Å². The van der Waals surface area contributed by atoms with E-state index in [-0.39, 0.29) is 18.8 Å². The van der Waals surface area contributed by atoms with E-state index in [1.54, 1.807) is 0 Å². The van der Waals surface area contributed by atoms with Crippen molar-refractivity contribution in [3.8, 4) is 0 Å². The van der Waals surface area contributed by atoms with Crippen molar-refractivity contribution in [1.82, 2.24) is 0 Å². The Kier molecular flexibility index (Phi) is 3.69. The first-order chi connectivity index (χ1) is 8.10. The van der Waals surface area contributed by atoms with E-state index in [2.05, 4.69) is 36.9 Å². The lowest BCUT2D eigenvalue weighted by Crippen LogP contribution is -2.45. The third-order valence-corrected chi connectivity index (χ3v) is 3.17. The topological polar surface area (TPSA) is 32.7 Å². The lowest BCUT2D eigenvalue weighted by atomic mass is 10.1. The molecule has 17 heavy (non-hydrogen) atoms. The van der Waals surface area contributed by atoms with Crippen LogP contribution in [0.4, 0.5) is 5.69 Å². The monoisotopic (exact) mass is 235 g/mol. The second-order valence-corrected chi connectivity index (χ2v) is 4.95. The van der Waals surface area contributed by atoms with Crippen LogP contribution in [0.2, 0.25) is 0 Å². The number of aliphatic hydroxyl groups excluding tert-OH is 1. The molecule has 0 radical (unpaired) electrons. The number of hydrogen-bond donors (Lipinski definition) is 1. The molecule has 1 heterocycles. The number of morpholine rings is 1. The van der Waals surface area contributed by atoms with Crippen LogP contribution in [0.1, 0.15) is 25.0 Å². The van der Waals surface area contributed by atoms with E-state index in [1.165, 1.54) is 5.56 Å². The predicted molar refractivity (Wildman–Crippen MR) is 69.3 cm³/mol. The lowest BCUT2D eigenvalue weighted by Gasteiger charge is -2.37. The quantitative estimate of drug-likeness (QED) is 0.852. The Labute approximate surface area is 103 Å². The summed E-state index contributed by atoms with van der Waals surface area (Å²) in [5.74, 6) is 0. The smallest absolute Gasteiger partial charge is 0.0726 e. The summed E-state index contributed by atoms with van der Waals surface area (Å²) in [4.78, 5) is 2.31. The third-order valence-electron chi connectivity index (χ3n) is 3.17. The first-order valence-corrected chi connectivity index (χ1v) is 6.21. The summed E-state index contributed by atoms with van der Waals surface area (Å²) in [6.07, 6.45) is 0.484. The molecule has 0 saturated carbocycles. The Hall–Kier alpha value is -1.06. The fourth-order valence-corrected chi connectivity index (χ4v) is 2.52. The fraction of sp³-hybridized carbons (Fsp3) is 0.571. The maximum Gasteiger partial charge on any atom is 0.0726 e. The molecule has 1 aliphatic rings. The van der Waals surface area contributed by atoms with E-state index in [9.17, 15) is 5.11 Å². The van der Waals surface area contributed by atoms with Gasteiger partial charge in [0.05, 0.1) is 18.8 Å². The molecule has 1 fully saturated rings. The molecule has 2 atom stereocenters. The zero-order valence-electron chi connectivity index (χ0n) is 10.8. The van der Waals surface area contributed by atoms with E-state index in [0.29, 0.717) is 0 Å². The average Bonchev–Trinajstić information content (AvgIpc) is 2.27. The van der Waals surface area contributed by atoms with Crippen LogP contribution in [0.5, 0.6) is 0 Å². The van der Waals surface area contributed by atoms with Crippen LogP contribution in [0.15, 0.2) is 18.2 Å². The summed E-state index contributed by atoms with van der Waals surface area (Å²) in [6, 6.07) is 6.26. The summed E-state index contributed by atoms with van der Waals surface area (Å²) >= 11 is 0. The normalized spacial score (nSPS) is 25.1. The van der Waals surface area contributed by atoms with Crippen molar-refractivity contribution in [3.63, 3.8) is 0 Å². The van der Waals surface area contributed by atoms with Gasteiger partial charge in [-0.15, -0.1) is 0 Å². The molecule has 2 unspecified atom stereocenters. The molecule has 3 heteroatoms. The highest BCUT2D eigenvalue weighted by molar-refractivity contribution is 5.55. The van der Waals surface area contributed by atoms with Crippen LogP contribution in [0, 0.1) is 6.92 Å². The zero-order valence-corrected chi connectivity index (χ0v) is 10.8. The van der Waals surface area contributed by atoms with Gasteiger partial charge < -0.3 is 14.7 Å². The van der Waals surface area contributed by atoms with Gasteiger partial charge in [-0.1, -0.05) is 17.7 Å². The summed E-state index contributed by atoms with van der Waals surface area (Å²) in [5.41, 5.74) is 3.33. The van der Waals surface area contributed by atoms with Crippen LogP contribution in [-0.2, 0) is 11.3 Å². The number of ether oxygens (including phenoxy) is 1. The molecule has 1 N–H and O–H groups in total. The van der Waals surface area contributed by atoms with Gasteiger partial charge >= 0.3 is 0 Å². The van der Waals surface area contributed by atoms with Gasteiger partial charge in [0, 0.05) is 24.3 Å². The molecular weight excluding hydrogens is 214 g/mol. The first-order valence-electron chi connectivity index (χ1n) is 6.21. The number of aliphatic hydroxyl groups is 1. The number of benzene rings is 1. The van der Waals surface area contributed by atoms with Crippen molar-refractivity contribution >= 4 is 5.69 Å². The van der Waals surface area contributed by atoms with E-state index < -0.39 is 0 Å². The van der Waals surface area contributed by atoms with Gasteiger partial charge in [0.25, 0.3) is 0 Å². The molecule has 3 nitrogen and oxygen atoms in total. The Bertz CT molecular complexity index is 382. The summed E-state index contributed by atoms with van der Waals surface area (Å²) in [6.45, 7) is 8.11. The van der Waals surface area contributed by atoms with Gasteiger partial charge in [-0.05, 0) is 26.8 Å². The molecule has 0 spiro atoms. The third kappa shape index (κ3) is 2.79. The predicted octanol–water partition coefficient (Wildman–Crippen LogP) is 2.10. The summed E-state index contributed by atoms with van der Waals surface area (Å²) < 4.78 is 5.73. The SMILES string of the molecule is Cc1ccc(N2CC(C)OC(C)C2)c(CO)c1. The minimum absolute atomic E-state index is 0.0944. The van der Waals surface area contributed by atoms with Crippen LogP contribution in [0.3, 0.4) is 0 Å². The van der Waals surface area contributed by atoms with E-state index in [4.69, 9.17) is 4.74 Å². The minimum Gasteiger partial charge on any atom is -0.392 e. The van der Waals surface area contributed by atoms with Crippen molar-refractivity contribution in [2.24, 2.45) is 0 Å². The number of hydrogen-bond acceptors (Lipinski definition) is 3. The number of aryl methyl sites for hydroxylation is 1. The van der Waals surface area contributed by atoms with Gasteiger partial charge in [-0.2, -0.15) is 0 Å². The zero-order chi connectivity index (χ0) is 12.4. The van der Waals surface area contributed by atoms with Crippen molar-refractivity contribution in [2.45, 2.75) is 39.6 Å². The molecule has 1 aromatic carbocycles. The van der Waals surface area contributed by atoms with Crippen molar-refractivity contribution in [2.75, 3.05) is 18.0 Å². The highest BCUT2D eigenvalue weighted by Crippen LogP contribution is 2.25. The van der Waals surface area contributed by atoms with Crippen LogP contribution in [-0.4, -0.2) is 30.4 Å². The Morgan fingerprint density at radius 3 is 2.53 bits per heavy atom. The second-order valence-electron chi connectivity index (χ2n) is 4.95. The maximum absolute atomic E-state index is 9.45. The Morgan fingerprint density at radius 2 is 1.94 bits per heavy atom. The van der Waals surface area contributed by atoms with Crippen molar-refractivity contribution < 1.29 is 9.84 Å². The molecule has 2 rings (SSSR count). The second kappa shape index (κ2) is 5.07. The number of nitrogens with zero attached hydrogens (tertiary/aromatic N) is 1. The lowest BCUT2D eigenvalue weighted by molar-refractivity contribution is -0.00531. The fourth-order valence-electron chi connectivity index (χ4n) is 2.52. The number of rotatable bonds is 2. The highest BCUT2D eigenvalue weighted by atomic mass is 16.5. The first kappa shape index (κ1) is 12.4. The van der Waals surface area contributed by atoms with Gasteiger partial charge in [-0.3, -0.25) is 0 Å².